The number of para-hydroxylation sites is 1. The topological polar surface area (TPSA) is 37.5 Å². The van der Waals surface area contributed by atoms with E-state index in [0.717, 1.165) is 16.8 Å². The van der Waals surface area contributed by atoms with Gasteiger partial charge in [0.15, 0.2) is 3.95 Å². The van der Waals surface area contributed by atoms with E-state index in [0.29, 0.717) is 14.5 Å². The molecular formula is C18H11FN2OS2. The molecule has 3 aromatic rings. The van der Waals surface area contributed by atoms with Crippen LogP contribution in [0.2, 0.25) is 0 Å². The number of fused-ring (bicyclic) bond motifs is 1. The van der Waals surface area contributed by atoms with E-state index in [1.165, 1.54) is 28.0 Å². The van der Waals surface area contributed by atoms with Crippen LogP contribution in [0.1, 0.15) is 10.4 Å². The number of aromatic nitrogens is 1. The summed E-state index contributed by atoms with van der Waals surface area (Å²) >= 11 is 6.61. The van der Waals surface area contributed by atoms with Gasteiger partial charge in [-0.3, -0.25) is 9.56 Å². The lowest BCUT2D eigenvalue weighted by atomic mass is 10.1. The van der Waals surface area contributed by atoms with Gasteiger partial charge < -0.3 is 5.11 Å². The van der Waals surface area contributed by atoms with E-state index in [-0.39, 0.29) is 11.7 Å². The van der Waals surface area contributed by atoms with Crippen molar-refractivity contribution in [2.24, 2.45) is 4.99 Å². The van der Waals surface area contributed by atoms with Gasteiger partial charge in [-0.25, -0.2) is 4.39 Å². The molecule has 0 saturated heterocycles. The third-order valence-corrected chi connectivity index (χ3v) is 5.03. The molecule has 0 atom stereocenters. The molecule has 3 nitrogen and oxygen atoms in total. The predicted molar refractivity (Wildman–Crippen MR) is 98.6 cm³/mol. The van der Waals surface area contributed by atoms with Gasteiger partial charge in [0.1, 0.15) is 5.82 Å². The number of hydrogen-bond acceptors (Lipinski definition) is 4. The summed E-state index contributed by atoms with van der Waals surface area (Å²) in [5, 5.41) is 10.6. The maximum absolute atomic E-state index is 13.5. The van der Waals surface area contributed by atoms with E-state index in [2.05, 4.69) is 4.99 Å². The zero-order valence-corrected chi connectivity index (χ0v) is 13.9. The normalized spacial score (nSPS) is 14.3. The maximum Gasteiger partial charge on any atom is 0.215 e. The van der Waals surface area contributed by atoms with Crippen molar-refractivity contribution in [3.8, 4) is 11.6 Å². The first kappa shape index (κ1) is 15.0. The summed E-state index contributed by atoms with van der Waals surface area (Å²) in [6.07, 6.45) is 3.61. The van der Waals surface area contributed by atoms with Crippen LogP contribution in [-0.2, 0) is 0 Å². The summed E-state index contributed by atoms with van der Waals surface area (Å²) in [5.41, 5.74) is 3.31. The van der Waals surface area contributed by atoms with Gasteiger partial charge in [-0.2, -0.15) is 0 Å². The monoisotopic (exact) mass is 354 g/mol. The summed E-state index contributed by atoms with van der Waals surface area (Å²) in [6, 6.07) is 13.8. The second-order valence-corrected chi connectivity index (χ2v) is 6.92. The van der Waals surface area contributed by atoms with Crippen LogP contribution in [0.15, 0.2) is 53.5 Å². The van der Waals surface area contributed by atoms with E-state index < -0.39 is 0 Å². The Morgan fingerprint density at radius 1 is 1.17 bits per heavy atom. The summed E-state index contributed by atoms with van der Waals surface area (Å²) in [5.74, 6) is -0.377. The molecular weight excluding hydrogens is 343 g/mol. The molecule has 1 aromatic heterocycles. The minimum Gasteiger partial charge on any atom is -0.493 e. The summed E-state index contributed by atoms with van der Waals surface area (Å²) < 4.78 is 15.4. The number of thiazole rings is 1. The molecule has 2 aromatic carbocycles. The van der Waals surface area contributed by atoms with Crippen LogP contribution in [0, 0.1) is 9.77 Å². The Labute approximate surface area is 146 Å². The molecule has 0 saturated carbocycles. The third kappa shape index (κ3) is 2.50. The van der Waals surface area contributed by atoms with Crippen LogP contribution in [0.25, 0.3) is 17.3 Å². The highest BCUT2D eigenvalue weighted by Crippen LogP contribution is 2.36. The predicted octanol–water partition coefficient (Wildman–Crippen LogP) is 5.37. The van der Waals surface area contributed by atoms with Crippen molar-refractivity contribution in [1.82, 2.24) is 4.57 Å². The first-order chi connectivity index (χ1) is 11.6. The standard InChI is InChI=1S/C18H11FN2OS2/c19-12-4-3-5-13(9-12)21-17(22)16(24-18(21)23)8-11-10-20-15-7-2-1-6-14(11)15/h1-10,22H/b11-8+. The Kier molecular flexibility index (Phi) is 3.63. The first-order valence-electron chi connectivity index (χ1n) is 7.19. The van der Waals surface area contributed by atoms with E-state index in [1.54, 1.807) is 18.3 Å². The molecule has 6 heteroatoms. The molecule has 0 aliphatic carbocycles. The van der Waals surface area contributed by atoms with Crippen LogP contribution in [0.5, 0.6) is 5.88 Å². The highest BCUT2D eigenvalue weighted by atomic mass is 32.1. The minimum atomic E-state index is -0.378. The highest BCUT2D eigenvalue weighted by molar-refractivity contribution is 7.73. The zero-order chi connectivity index (χ0) is 16.7. The van der Waals surface area contributed by atoms with E-state index in [1.807, 2.05) is 30.3 Å². The number of halogens is 1. The van der Waals surface area contributed by atoms with Gasteiger partial charge >= 0.3 is 0 Å². The van der Waals surface area contributed by atoms with Gasteiger partial charge in [0, 0.05) is 17.4 Å². The Balaban J connectivity index is 1.83. The lowest BCUT2D eigenvalue weighted by Crippen LogP contribution is -1.93. The zero-order valence-electron chi connectivity index (χ0n) is 12.3. The molecule has 118 valence electrons. The molecule has 2 heterocycles. The van der Waals surface area contributed by atoms with Crippen LogP contribution in [-0.4, -0.2) is 15.9 Å². The Morgan fingerprint density at radius 3 is 2.83 bits per heavy atom. The number of aliphatic imine (C=N–C) groups is 1. The molecule has 1 aliphatic rings. The quantitative estimate of drug-likeness (QED) is 0.628. The van der Waals surface area contributed by atoms with Crippen molar-refractivity contribution in [1.29, 1.82) is 0 Å². The molecule has 0 radical (unpaired) electrons. The molecule has 1 aliphatic heterocycles. The molecule has 4 rings (SSSR count). The Morgan fingerprint density at radius 2 is 2.00 bits per heavy atom. The SMILES string of the molecule is Oc1c(/C=C2\C=Nc3ccccc32)sc(=S)n1-c1cccc(F)c1. The smallest absolute Gasteiger partial charge is 0.215 e. The van der Waals surface area contributed by atoms with E-state index >= 15 is 0 Å². The van der Waals surface area contributed by atoms with Crippen molar-refractivity contribution in [2.45, 2.75) is 0 Å². The number of allylic oxidation sites excluding steroid dienone is 1. The first-order valence-corrected chi connectivity index (χ1v) is 8.42. The lowest BCUT2D eigenvalue weighted by molar-refractivity contribution is 0.441. The van der Waals surface area contributed by atoms with Crippen molar-refractivity contribution < 1.29 is 9.50 Å². The number of rotatable bonds is 2. The molecule has 0 amide bonds. The molecule has 0 spiro atoms. The number of aromatic hydroxyl groups is 1. The molecule has 0 fully saturated rings. The van der Waals surface area contributed by atoms with Crippen LogP contribution in [0.3, 0.4) is 0 Å². The van der Waals surface area contributed by atoms with Crippen molar-refractivity contribution in [3.05, 3.63) is 68.7 Å². The largest absolute Gasteiger partial charge is 0.493 e. The fourth-order valence-corrected chi connectivity index (χ4v) is 3.92. The van der Waals surface area contributed by atoms with Gasteiger partial charge in [0.2, 0.25) is 5.88 Å². The second-order valence-electron chi connectivity index (χ2n) is 5.25. The average molecular weight is 354 g/mol. The summed E-state index contributed by atoms with van der Waals surface area (Å²) in [6.45, 7) is 0. The Hall–Kier alpha value is -2.57. The van der Waals surface area contributed by atoms with Crippen LogP contribution >= 0.6 is 23.6 Å². The van der Waals surface area contributed by atoms with E-state index in [4.69, 9.17) is 12.2 Å². The molecule has 0 bridgehead atoms. The summed E-state index contributed by atoms with van der Waals surface area (Å²) in [7, 11) is 0. The fourth-order valence-electron chi connectivity index (χ4n) is 2.61. The number of hydrogen-bond donors (Lipinski definition) is 1. The maximum atomic E-state index is 13.5. The van der Waals surface area contributed by atoms with Crippen LogP contribution < -0.4 is 0 Å². The second kappa shape index (κ2) is 5.81. The van der Waals surface area contributed by atoms with Gasteiger partial charge in [0.05, 0.1) is 16.3 Å². The lowest BCUT2D eigenvalue weighted by Gasteiger charge is -2.04. The van der Waals surface area contributed by atoms with Gasteiger partial charge in [0.25, 0.3) is 0 Å². The summed E-state index contributed by atoms with van der Waals surface area (Å²) in [4.78, 5) is 4.97. The van der Waals surface area contributed by atoms with Gasteiger partial charge in [-0.05, 0) is 42.6 Å². The van der Waals surface area contributed by atoms with Crippen molar-refractivity contribution in [2.75, 3.05) is 0 Å². The van der Waals surface area contributed by atoms with Gasteiger partial charge in [-0.15, -0.1) is 11.3 Å². The Bertz CT molecular complexity index is 1060. The molecule has 0 unspecified atom stereocenters. The molecule has 24 heavy (non-hydrogen) atoms. The number of nitrogens with zero attached hydrogens (tertiary/aromatic N) is 2. The van der Waals surface area contributed by atoms with E-state index in [9.17, 15) is 9.50 Å². The minimum absolute atomic E-state index is 0.000816. The average Bonchev–Trinajstić information content (AvgIpc) is 3.09. The van der Waals surface area contributed by atoms with Gasteiger partial charge in [-0.1, -0.05) is 24.3 Å². The highest BCUT2D eigenvalue weighted by Gasteiger charge is 2.16. The number of benzene rings is 2. The fraction of sp³-hybridized carbons (Fsp3) is 0. The van der Waals surface area contributed by atoms with Crippen LogP contribution in [0.4, 0.5) is 10.1 Å². The molecule has 1 N–H and O–H groups in total. The van der Waals surface area contributed by atoms with Crippen molar-refractivity contribution in [3.63, 3.8) is 0 Å². The third-order valence-electron chi connectivity index (χ3n) is 3.72. The van der Waals surface area contributed by atoms with Crippen molar-refractivity contribution >= 4 is 47.1 Å².